The molecule has 8 atom stereocenters. The second-order valence-electron chi connectivity index (χ2n) is 16.4. The molecule has 1 fully saturated rings. The van der Waals surface area contributed by atoms with E-state index in [1.165, 1.54) is 25.3 Å². The van der Waals surface area contributed by atoms with Crippen molar-refractivity contribution in [2.24, 2.45) is 0 Å². The van der Waals surface area contributed by atoms with Gasteiger partial charge in [0.1, 0.15) is 30.7 Å². The summed E-state index contributed by atoms with van der Waals surface area (Å²) in [6.07, 6.45) is 31.8. The molecule has 7 N–H and O–H groups in total. The van der Waals surface area contributed by atoms with Crippen LogP contribution in [-0.4, -0.2) is 96.9 Å². The molecule has 2 rings (SSSR count). The first-order valence-corrected chi connectivity index (χ1v) is 27.0. The van der Waals surface area contributed by atoms with Crippen LogP contribution in [0.1, 0.15) is 142 Å². The van der Waals surface area contributed by atoms with E-state index < -0.39 is 89.8 Å². The smallest absolute Gasteiger partial charge is 0.462 e. The zero-order valence-electron chi connectivity index (χ0n) is 40.2. The third-order valence-electron chi connectivity index (χ3n) is 10.4. The number of rotatable bonds is 38. The normalized spacial score (nSPS) is 20.4. The highest BCUT2D eigenvalue weighted by Crippen LogP contribution is 2.60. The Balaban J connectivity index is 1.86. The van der Waals surface area contributed by atoms with Crippen molar-refractivity contribution in [3.05, 3.63) is 95.7 Å². The molecular formula is C48H77N3O16P2. The molecule has 390 valence electrons. The lowest BCUT2D eigenvalue weighted by molar-refractivity contribution is -0.161. The maximum Gasteiger partial charge on any atom is 0.481 e. The summed E-state index contributed by atoms with van der Waals surface area (Å²) in [7, 11) is -10.9. The summed E-state index contributed by atoms with van der Waals surface area (Å²) in [4.78, 5) is 61.8. The van der Waals surface area contributed by atoms with Gasteiger partial charge in [-0.1, -0.05) is 119 Å². The number of allylic oxidation sites excluding steroid dienone is 10. The lowest BCUT2D eigenvalue weighted by Crippen LogP contribution is -2.36. The fourth-order valence-electron chi connectivity index (χ4n) is 6.59. The van der Waals surface area contributed by atoms with Gasteiger partial charge in [0.05, 0.1) is 19.3 Å². The number of nitrogen functional groups attached to an aromatic ring is 1. The van der Waals surface area contributed by atoms with Gasteiger partial charge in [-0.3, -0.25) is 23.2 Å². The van der Waals surface area contributed by atoms with Crippen LogP contribution >= 0.6 is 15.6 Å². The molecule has 0 aromatic carbocycles. The second kappa shape index (κ2) is 36.1. The monoisotopic (exact) mass is 1010 g/mol. The SMILES string of the molecule is CC/C=C/CC(O)/C=C/C=C/CCCCCCCC(=O)O[C@H](COC(=O)CCCC/C=C\C/C=C\C/C=C\CCCCC)COP(=O)(O)OP(=O)(O)OC[C@H]1O[C@@H](n2ccc(N)nc2=O)[C@H](O)[C@@H]1O. The summed E-state index contributed by atoms with van der Waals surface area (Å²) in [5.41, 5.74) is 4.57. The molecule has 69 heavy (non-hydrogen) atoms. The number of phosphoric acid groups is 2. The number of esters is 2. The Labute approximate surface area is 407 Å². The molecule has 3 unspecified atom stereocenters. The third kappa shape index (κ3) is 29.2. The van der Waals surface area contributed by atoms with E-state index >= 15 is 0 Å². The second-order valence-corrected chi connectivity index (χ2v) is 19.5. The summed E-state index contributed by atoms with van der Waals surface area (Å²) in [5.74, 6) is -1.41. The van der Waals surface area contributed by atoms with Crippen molar-refractivity contribution >= 4 is 33.4 Å². The van der Waals surface area contributed by atoms with Gasteiger partial charge in [0.15, 0.2) is 12.3 Å². The fourth-order valence-corrected chi connectivity index (χ4v) is 8.70. The lowest BCUT2D eigenvalue weighted by atomic mass is 10.1. The molecule has 1 saturated heterocycles. The lowest BCUT2D eigenvalue weighted by Gasteiger charge is -2.21. The number of unbranched alkanes of at least 4 members (excludes halogenated alkanes) is 10. The zero-order chi connectivity index (χ0) is 50.8. The van der Waals surface area contributed by atoms with E-state index in [0.29, 0.717) is 19.3 Å². The van der Waals surface area contributed by atoms with E-state index in [1.54, 1.807) is 6.08 Å². The maximum absolute atomic E-state index is 12.8. The van der Waals surface area contributed by atoms with Gasteiger partial charge in [0.25, 0.3) is 0 Å². The highest BCUT2D eigenvalue weighted by atomic mass is 31.3. The summed E-state index contributed by atoms with van der Waals surface area (Å²) in [6.45, 7) is 1.83. The van der Waals surface area contributed by atoms with Gasteiger partial charge in [-0.2, -0.15) is 9.29 Å². The average Bonchev–Trinajstić information content (AvgIpc) is 3.58. The Hall–Kier alpha value is -3.84. The molecule has 0 spiro atoms. The van der Waals surface area contributed by atoms with Crippen molar-refractivity contribution in [2.75, 3.05) is 25.6 Å². The molecule has 0 amide bonds. The summed E-state index contributed by atoms with van der Waals surface area (Å²) < 4.78 is 56.6. The first-order chi connectivity index (χ1) is 33.1. The van der Waals surface area contributed by atoms with E-state index in [2.05, 4.69) is 46.6 Å². The van der Waals surface area contributed by atoms with E-state index in [4.69, 9.17) is 29.0 Å². The number of hydrogen-bond acceptors (Lipinski definition) is 16. The molecule has 21 heteroatoms. The van der Waals surface area contributed by atoms with Gasteiger partial charge in [-0.25, -0.2) is 13.9 Å². The summed E-state index contributed by atoms with van der Waals surface area (Å²) >= 11 is 0. The van der Waals surface area contributed by atoms with Crippen molar-refractivity contribution in [1.29, 1.82) is 0 Å². The number of nitrogens with two attached hydrogens (primary N) is 1. The number of nitrogens with zero attached hydrogens (tertiary/aromatic N) is 2. The molecule has 1 aromatic rings. The highest BCUT2D eigenvalue weighted by molar-refractivity contribution is 7.61. The number of aromatic nitrogens is 2. The standard InChI is InChI=1S/C48H77N3O16P2/c1-3-5-7-8-9-10-11-12-13-14-15-18-21-24-28-32-43(53)62-36-40(65-44(54)33-29-25-22-19-16-17-20-23-27-31-39(52)30-26-6-4-2)37-63-68(58,59)67-69(60,61)64-38-41-45(55)46(56)47(66-41)51-35-34-42(49)50-48(51)57/h6,9-10,12-13,15,18,20,23,26-27,31,34-35,39-41,45-47,52,55-56H,3-5,7-8,11,14,16-17,19,21-22,24-25,28-30,32-33,36-38H2,1-2H3,(H,58,59)(H,60,61)(H2,49,50,57)/b10-9-,13-12-,18-15-,23-20+,26-6+,31-27+/t39?,40-,41-,45-,46-,47-/m1/s1. The molecule has 0 radical (unpaired) electrons. The minimum atomic E-state index is -5.45. The average molecular weight is 1010 g/mol. The fraction of sp³-hybridized carbons (Fsp3) is 0.625. The highest BCUT2D eigenvalue weighted by Gasteiger charge is 2.46. The molecule has 1 aliphatic heterocycles. The van der Waals surface area contributed by atoms with Crippen LogP contribution in [0.2, 0.25) is 0 Å². The number of aliphatic hydroxyl groups excluding tert-OH is 3. The first kappa shape index (κ1) is 61.3. The molecule has 1 aromatic heterocycles. The largest absolute Gasteiger partial charge is 0.481 e. The minimum absolute atomic E-state index is 0.00845. The number of ether oxygens (including phenoxy) is 3. The van der Waals surface area contributed by atoms with Crippen LogP contribution in [0.5, 0.6) is 0 Å². The molecule has 1 aliphatic rings. The van der Waals surface area contributed by atoms with Gasteiger partial charge < -0.3 is 45.1 Å². The van der Waals surface area contributed by atoms with E-state index in [1.807, 2.05) is 43.4 Å². The van der Waals surface area contributed by atoms with Crippen LogP contribution in [0.3, 0.4) is 0 Å². The predicted molar refractivity (Wildman–Crippen MR) is 262 cm³/mol. The van der Waals surface area contributed by atoms with Crippen molar-refractivity contribution < 1.29 is 71.4 Å². The Kier molecular flexibility index (Phi) is 32.1. The van der Waals surface area contributed by atoms with Crippen molar-refractivity contribution in [2.45, 2.75) is 173 Å². The van der Waals surface area contributed by atoms with E-state index in [9.17, 15) is 48.6 Å². The van der Waals surface area contributed by atoms with Crippen LogP contribution in [0.25, 0.3) is 0 Å². The van der Waals surface area contributed by atoms with Crippen LogP contribution in [0, 0.1) is 0 Å². The molecule has 19 nitrogen and oxygen atoms in total. The summed E-state index contributed by atoms with van der Waals surface area (Å²) in [6, 6.07) is 1.24. The number of aliphatic hydroxyl groups is 3. The number of carbonyl (C=O) groups excluding carboxylic acids is 2. The van der Waals surface area contributed by atoms with Gasteiger partial charge in [-0.05, 0) is 83.1 Å². The van der Waals surface area contributed by atoms with Gasteiger partial charge in [0.2, 0.25) is 0 Å². The minimum Gasteiger partial charge on any atom is -0.462 e. The maximum atomic E-state index is 12.8. The molecular weight excluding hydrogens is 936 g/mol. The van der Waals surface area contributed by atoms with Crippen molar-refractivity contribution in [1.82, 2.24) is 9.55 Å². The van der Waals surface area contributed by atoms with Gasteiger partial charge in [0, 0.05) is 19.0 Å². The Morgan fingerprint density at radius 2 is 1.39 bits per heavy atom. The van der Waals surface area contributed by atoms with E-state index in [0.717, 1.165) is 81.4 Å². The van der Waals surface area contributed by atoms with Crippen LogP contribution in [-0.2, 0) is 46.3 Å². The molecule has 2 heterocycles. The van der Waals surface area contributed by atoms with E-state index in [-0.39, 0.29) is 18.7 Å². The topological polar surface area (TPSA) is 286 Å². The Bertz CT molecular complexity index is 1950. The van der Waals surface area contributed by atoms with Crippen molar-refractivity contribution in [3.8, 4) is 0 Å². The van der Waals surface area contributed by atoms with Crippen LogP contribution in [0.15, 0.2) is 90.0 Å². The Morgan fingerprint density at radius 1 is 0.783 bits per heavy atom. The predicted octanol–water partition coefficient (Wildman–Crippen LogP) is 8.30. The van der Waals surface area contributed by atoms with Gasteiger partial charge >= 0.3 is 33.3 Å². The van der Waals surface area contributed by atoms with Crippen LogP contribution in [0.4, 0.5) is 5.82 Å². The number of hydrogen-bond donors (Lipinski definition) is 6. The van der Waals surface area contributed by atoms with Crippen LogP contribution < -0.4 is 11.4 Å². The zero-order valence-corrected chi connectivity index (χ0v) is 42.0. The third-order valence-corrected chi connectivity index (χ3v) is 13.0. The Morgan fingerprint density at radius 3 is 2.09 bits per heavy atom. The number of anilines is 1. The van der Waals surface area contributed by atoms with Crippen molar-refractivity contribution in [3.63, 3.8) is 0 Å². The van der Waals surface area contributed by atoms with Gasteiger partial charge in [-0.15, -0.1) is 0 Å². The molecule has 0 bridgehead atoms. The first-order valence-electron chi connectivity index (χ1n) is 24.1. The number of carbonyl (C=O) groups is 2. The number of phosphoric ester groups is 2. The summed E-state index contributed by atoms with van der Waals surface area (Å²) in [5, 5.41) is 30.8. The molecule has 0 aliphatic carbocycles. The molecule has 0 saturated carbocycles. The quantitative estimate of drug-likeness (QED) is 0.0119.